The average molecular weight is 474 g/mol. The molecule has 0 unspecified atom stereocenters. The fraction of sp³-hybridized carbons (Fsp3) is 0.417. The van der Waals surface area contributed by atoms with Crippen molar-refractivity contribution >= 4 is 27.5 Å². The molecule has 3 rings (SSSR count). The summed E-state index contributed by atoms with van der Waals surface area (Å²) in [5.41, 5.74) is 2.22. The number of hydrogen-bond donors (Lipinski definition) is 3. The van der Waals surface area contributed by atoms with Crippen molar-refractivity contribution in [1.82, 2.24) is 10.0 Å². The molecule has 1 heterocycles. The summed E-state index contributed by atoms with van der Waals surface area (Å²) in [4.78, 5) is 24.5. The predicted octanol–water partition coefficient (Wildman–Crippen LogP) is 2.39. The molecule has 0 bridgehead atoms. The van der Waals surface area contributed by atoms with Gasteiger partial charge in [0.2, 0.25) is 21.8 Å². The van der Waals surface area contributed by atoms with E-state index in [0.717, 1.165) is 11.1 Å². The maximum Gasteiger partial charge on any atom is 0.241 e. The Bertz CT molecular complexity index is 1070. The number of benzene rings is 2. The van der Waals surface area contributed by atoms with Crippen molar-refractivity contribution in [1.29, 1.82) is 0 Å². The van der Waals surface area contributed by atoms with Crippen molar-refractivity contribution in [3.05, 3.63) is 59.7 Å². The van der Waals surface area contributed by atoms with Gasteiger partial charge in [0, 0.05) is 25.3 Å². The van der Waals surface area contributed by atoms with Crippen molar-refractivity contribution in [2.45, 2.75) is 56.6 Å². The molecule has 178 valence electrons. The minimum absolute atomic E-state index is 0.0635. The molecule has 0 radical (unpaired) electrons. The van der Waals surface area contributed by atoms with Gasteiger partial charge in [-0.05, 0) is 62.4 Å². The zero-order valence-corrected chi connectivity index (χ0v) is 19.8. The lowest BCUT2D eigenvalue weighted by molar-refractivity contribution is -0.122. The highest BCUT2D eigenvalue weighted by molar-refractivity contribution is 7.89. The maximum atomic E-state index is 13.1. The molecule has 2 aromatic carbocycles. The zero-order valence-electron chi connectivity index (χ0n) is 19.0. The number of hydrogen-bond acceptors (Lipinski definition) is 5. The van der Waals surface area contributed by atoms with Gasteiger partial charge in [-0.3, -0.25) is 9.59 Å². The Morgan fingerprint density at radius 3 is 2.61 bits per heavy atom. The number of amides is 2. The van der Waals surface area contributed by atoms with E-state index in [1.807, 2.05) is 44.2 Å². The topological polar surface area (TPSA) is 114 Å². The van der Waals surface area contributed by atoms with Crippen LogP contribution >= 0.6 is 0 Å². The quantitative estimate of drug-likeness (QED) is 0.434. The third kappa shape index (κ3) is 7.38. The van der Waals surface area contributed by atoms with Crippen molar-refractivity contribution in [3.8, 4) is 0 Å². The monoisotopic (exact) mass is 473 g/mol. The second-order valence-electron chi connectivity index (χ2n) is 8.29. The van der Waals surface area contributed by atoms with Crippen LogP contribution in [0.5, 0.6) is 0 Å². The van der Waals surface area contributed by atoms with Gasteiger partial charge < -0.3 is 15.4 Å². The first-order valence-corrected chi connectivity index (χ1v) is 12.6. The number of carbonyl (C=O) groups excluding carboxylic acids is 2. The van der Waals surface area contributed by atoms with E-state index < -0.39 is 22.0 Å². The first-order valence-electron chi connectivity index (χ1n) is 11.1. The van der Waals surface area contributed by atoms with E-state index in [-0.39, 0.29) is 23.3 Å². The molecule has 0 saturated carbocycles. The van der Waals surface area contributed by atoms with Crippen LogP contribution in [-0.2, 0) is 37.2 Å². The average Bonchev–Trinajstić information content (AvgIpc) is 2.78. The van der Waals surface area contributed by atoms with Gasteiger partial charge in [-0.2, -0.15) is 4.72 Å². The highest BCUT2D eigenvalue weighted by Gasteiger charge is 2.27. The standard InChI is InChI=1S/C24H31N3O5S/c1-17(2)32-14-6-13-25-24(29)22(15-18-7-4-3-5-8-18)27-33(30,31)20-10-11-21-19(16-20)9-12-23(28)26-21/h3-5,7-8,10-11,16-17,22,27H,6,9,12-15H2,1-2H3,(H,25,29)(H,26,28)/t22-/m0/s1. The van der Waals surface area contributed by atoms with E-state index in [4.69, 9.17) is 4.74 Å². The first kappa shape index (κ1) is 24.9. The van der Waals surface area contributed by atoms with Crippen molar-refractivity contribution in [2.24, 2.45) is 0 Å². The van der Waals surface area contributed by atoms with E-state index in [2.05, 4.69) is 15.4 Å². The minimum Gasteiger partial charge on any atom is -0.379 e. The molecule has 2 aromatic rings. The molecule has 0 fully saturated rings. The van der Waals surface area contributed by atoms with Gasteiger partial charge in [-0.1, -0.05) is 30.3 Å². The Labute approximate surface area is 195 Å². The lowest BCUT2D eigenvalue weighted by Gasteiger charge is -2.21. The third-order valence-electron chi connectivity index (χ3n) is 5.25. The van der Waals surface area contributed by atoms with Crippen LogP contribution in [0.2, 0.25) is 0 Å². The molecule has 2 amide bonds. The summed E-state index contributed by atoms with van der Waals surface area (Å²) in [6.45, 7) is 4.78. The molecular weight excluding hydrogens is 442 g/mol. The predicted molar refractivity (Wildman–Crippen MR) is 126 cm³/mol. The van der Waals surface area contributed by atoms with Crippen LogP contribution in [0, 0.1) is 0 Å². The fourth-order valence-electron chi connectivity index (χ4n) is 3.55. The Morgan fingerprint density at radius 1 is 1.12 bits per heavy atom. The number of carbonyl (C=O) groups is 2. The molecule has 33 heavy (non-hydrogen) atoms. The Balaban J connectivity index is 1.72. The van der Waals surface area contributed by atoms with Gasteiger partial charge in [0.25, 0.3) is 0 Å². The second-order valence-corrected chi connectivity index (χ2v) is 10.0. The lowest BCUT2D eigenvalue weighted by atomic mass is 10.0. The fourth-order valence-corrected chi connectivity index (χ4v) is 4.79. The second kappa shape index (κ2) is 11.4. The van der Waals surface area contributed by atoms with Gasteiger partial charge >= 0.3 is 0 Å². The van der Waals surface area contributed by atoms with E-state index >= 15 is 0 Å². The number of nitrogens with one attached hydrogen (secondary N) is 3. The highest BCUT2D eigenvalue weighted by Crippen LogP contribution is 2.25. The summed E-state index contributed by atoms with van der Waals surface area (Å²) >= 11 is 0. The third-order valence-corrected chi connectivity index (χ3v) is 6.72. The largest absolute Gasteiger partial charge is 0.379 e. The van der Waals surface area contributed by atoms with Crippen LogP contribution < -0.4 is 15.4 Å². The van der Waals surface area contributed by atoms with Crippen molar-refractivity contribution in [3.63, 3.8) is 0 Å². The zero-order chi connectivity index (χ0) is 23.8. The molecule has 0 aromatic heterocycles. The summed E-state index contributed by atoms with van der Waals surface area (Å²) in [5.74, 6) is -0.480. The van der Waals surface area contributed by atoms with Crippen LogP contribution in [-0.4, -0.2) is 45.5 Å². The van der Waals surface area contributed by atoms with Gasteiger partial charge in [0.1, 0.15) is 6.04 Å². The van der Waals surface area contributed by atoms with Gasteiger partial charge in [-0.15, -0.1) is 0 Å². The number of fused-ring (bicyclic) bond motifs is 1. The highest BCUT2D eigenvalue weighted by atomic mass is 32.2. The number of ether oxygens (including phenoxy) is 1. The molecule has 1 aliphatic heterocycles. The number of aryl methyl sites for hydroxylation is 1. The van der Waals surface area contributed by atoms with E-state index in [9.17, 15) is 18.0 Å². The van der Waals surface area contributed by atoms with E-state index in [1.165, 1.54) is 6.07 Å². The maximum absolute atomic E-state index is 13.1. The van der Waals surface area contributed by atoms with Crippen LogP contribution in [0.3, 0.4) is 0 Å². The summed E-state index contributed by atoms with van der Waals surface area (Å²) in [7, 11) is -3.97. The summed E-state index contributed by atoms with van der Waals surface area (Å²) in [5, 5.41) is 5.55. The Morgan fingerprint density at radius 2 is 1.88 bits per heavy atom. The van der Waals surface area contributed by atoms with Crippen LogP contribution in [0.25, 0.3) is 0 Å². The summed E-state index contributed by atoms with van der Waals surface area (Å²) in [6, 6.07) is 12.9. The Kier molecular flexibility index (Phi) is 8.60. The number of anilines is 1. The lowest BCUT2D eigenvalue weighted by Crippen LogP contribution is -2.48. The summed E-state index contributed by atoms with van der Waals surface area (Å²) in [6.07, 6.45) is 1.74. The smallest absolute Gasteiger partial charge is 0.241 e. The molecule has 3 N–H and O–H groups in total. The van der Waals surface area contributed by atoms with Gasteiger partial charge in [0.05, 0.1) is 11.0 Å². The molecule has 1 atom stereocenters. The van der Waals surface area contributed by atoms with Crippen LogP contribution in [0.15, 0.2) is 53.4 Å². The molecule has 0 aliphatic carbocycles. The van der Waals surface area contributed by atoms with Crippen LogP contribution in [0.4, 0.5) is 5.69 Å². The molecule has 0 spiro atoms. The van der Waals surface area contributed by atoms with Gasteiger partial charge in [-0.25, -0.2) is 8.42 Å². The first-order chi connectivity index (χ1) is 15.7. The van der Waals surface area contributed by atoms with E-state index in [1.54, 1.807) is 12.1 Å². The SMILES string of the molecule is CC(C)OCCCNC(=O)[C@H](Cc1ccccc1)NS(=O)(=O)c1ccc2c(c1)CCC(=O)N2. The van der Waals surface area contributed by atoms with Crippen molar-refractivity contribution < 1.29 is 22.7 Å². The normalized spacial score (nSPS) is 14.5. The molecule has 9 heteroatoms. The minimum atomic E-state index is -3.97. The van der Waals surface area contributed by atoms with Gasteiger partial charge in [0.15, 0.2) is 0 Å². The molecule has 0 saturated heterocycles. The number of sulfonamides is 1. The van der Waals surface area contributed by atoms with E-state index in [0.29, 0.717) is 38.1 Å². The van der Waals surface area contributed by atoms with Crippen molar-refractivity contribution in [2.75, 3.05) is 18.5 Å². The summed E-state index contributed by atoms with van der Waals surface area (Å²) < 4.78 is 34.3. The Hall–Kier alpha value is -2.75. The molecule has 1 aliphatic rings. The molecule has 8 nitrogen and oxygen atoms in total. The molecular formula is C24H31N3O5S. The van der Waals surface area contributed by atoms with Crippen LogP contribution in [0.1, 0.15) is 37.8 Å². The number of rotatable bonds is 11.